The normalized spacial score (nSPS) is 16.8. The SMILES string of the molecule is CCCCCCCCCCCCCCCCCCCC/C=C\[C@H]1CC(=O)OC1=O. The molecule has 0 bridgehead atoms. The first-order chi connectivity index (χ1) is 14.2. The summed E-state index contributed by atoms with van der Waals surface area (Å²) >= 11 is 0. The number of cyclic esters (lactones) is 2. The Bertz CT molecular complexity index is 441. The van der Waals surface area contributed by atoms with E-state index in [1.54, 1.807) is 0 Å². The summed E-state index contributed by atoms with van der Waals surface area (Å²) in [6, 6.07) is 0. The Morgan fingerprint density at radius 3 is 1.48 bits per heavy atom. The zero-order chi connectivity index (χ0) is 21.0. The third kappa shape index (κ3) is 15.4. The van der Waals surface area contributed by atoms with Gasteiger partial charge in [-0.05, 0) is 12.8 Å². The summed E-state index contributed by atoms with van der Waals surface area (Å²) in [7, 11) is 0. The molecule has 0 saturated carbocycles. The summed E-state index contributed by atoms with van der Waals surface area (Å²) in [5.74, 6) is -1.11. The van der Waals surface area contributed by atoms with E-state index in [2.05, 4.69) is 11.7 Å². The van der Waals surface area contributed by atoms with Crippen LogP contribution in [-0.2, 0) is 14.3 Å². The Balaban J connectivity index is 1.72. The van der Waals surface area contributed by atoms with Gasteiger partial charge in [-0.25, -0.2) is 0 Å². The molecule has 29 heavy (non-hydrogen) atoms. The minimum Gasteiger partial charge on any atom is -0.393 e. The number of hydrogen-bond acceptors (Lipinski definition) is 3. The lowest BCUT2D eigenvalue weighted by molar-refractivity contribution is -0.152. The molecule has 0 aromatic heterocycles. The maximum absolute atomic E-state index is 11.3. The van der Waals surface area contributed by atoms with Crippen LogP contribution in [0.25, 0.3) is 0 Å². The van der Waals surface area contributed by atoms with Gasteiger partial charge in [-0.2, -0.15) is 0 Å². The largest absolute Gasteiger partial charge is 0.393 e. The molecule has 0 aromatic rings. The number of rotatable bonds is 20. The fourth-order valence-corrected chi connectivity index (χ4v) is 4.06. The first-order valence-electron chi connectivity index (χ1n) is 12.6. The standard InChI is InChI=1S/C26H46O3/c1-2-3-4-5-6-7-8-9-10-11-12-13-14-15-16-17-18-19-20-21-22-24-23-25(27)29-26(24)28/h21-22,24H,2-20,23H2,1H3/b22-21-/t24-/m0/s1. The second-order valence-electron chi connectivity index (χ2n) is 8.83. The van der Waals surface area contributed by atoms with Gasteiger partial charge < -0.3 is 4.74 Å². The molecule has 3 nitrogen and oxygen atoms in total. The minimum atomic E-state index is -0.391. The highest BCUT2D eigenvalue weighted by Gasteiger charge is 2.30. The number of esters is 2. The van der Waals surface area contributed by atoms with Gasteiger partial charge in [0.15, 0.2) is 0 Å². The van der Waals surface area contributed by atoms with Gasteiger partial charge in [0.1, 0.15) is 0 Å². The van der Waals surface area contributed by atoms with Crippen LogP contribution in [0.5, 0.6) is 0 Å². The van der Waals surface area contributed by atoms with Crippen LogP contribution in [0, 0.1) is 5.92 Å². The third-order valence-electron chi connectivity index (χ3n) is 6.00. The van der Waals surface area contributed by atoms with Crippen molar-refractivity contribution in [3.05, 3.63) is 12.2 Å². The molecule has 3 heteroatoms. The average Bonchev–Trinajstić information content (AvgIpc) is 3.03. The Morgan fingerprint density at radius 1 is 0.690 bits per heavy atom. The Kier molecular flexibility index (Phi) is 16.9. The van der Waals surface area contributed by atoms with Crippen molar-refractivity contribution in [2.24, 2.45) is 5.92 Å². The molecule has 1 saturated heterocycles. The van der Waals surface area contributed by atoms with E-state index in [-0.39, 0.29) is 18.3 Å². The Morgan fingerprint density at radius 2 is 1.10 bits per heavy atom. The number of hydrogen-bond donors (Lipinski definition) is 0. The quantitative estimate of drug-likeness (QED) is 0.0888. The molecule has 1 rings (SSSR count). The van der Waals surface area contributed by atoms with E-state index >= 15 is 0 Å². The van der Waals surface area contributed by atoms with Crippen molar-refractivity contribution in [2.45, 2.75) is 135 Å². The topological polar surface area (TPSA) is 43.4 Å². The van der Waals surface area contributed by atoms with Crippen LogP contribution < -0.4 is 0 Å². The Hall–Kier alpha value is -1.12. The van der Waals surface area contributed by atoms with Crippen LogP contribution in [0.3, 0.4) is 0 Å². The van der Waals surface area contributed by atoms with Crippen LogP contribution in [0.1, 0.15) is 135 Å². The van der Waals surface area contributed by atoms with Crippen molar-refractivity contribution in [3.63, 3.8) is 0 Å². The number of allylic oxidation sites excluding steroid dienone is 1. The second kappa shape index (κ2) is 18.9. The van der Waals surface area contributed by atoms with Crippen LogP contribution in [0.15, 0.2) is 12.2 Å². The maximum Gasteiger partial charge on any atom is 0.321 e. The van der Waals surface area contributed by atoms with E-state index in [4.69, 9.17) is 0 Å². The molecule has 0 unspecified atom stereocenters. The summed E-state index contributed by atoms with van der Waals surface area (Å²) in [5, 5.41) is 0. The smallest absolute Gasteiger partial charge is 0.321 e. The predicted molar refractivity (Wildman–Crippen MR) is 122 cm³/mol. The first kappa shape index (κ1) is 25.9. The number of carbonyl (C=O) groups is 2. The van der Waals surface area contributed by atoms with Crippen LogP contribution in [0.2, 0.25) is 0 Å². The van der Waals surface area contributed by atoms with Gasteiger partial charge in [0, 0.05) is 0 Å². The zero-order valence-electron chi connectivity index (χ0n) is 19.1. The highest BCUT2D eigenvalue weighted by atomic mass is 16.6. The van der Waals surface area contributed by atoms with Crippen molar-refractivity contribution in [1.29, 1.82) is 0 Å². The van der Waals surface area contributed by atoms with E-state index in [0.717, 1.165) is 6.42 Å². The number of ether oxygens (including phenoxy) is 1. The highest BCUT2D eigenvalue weighted by Crippen LogP contribution is 2.18. The van der Waals surface area contributed by atoms with Gasteiger partial charge in [-0.1, -0.05) is 128 Å². The fourth-order valence-electron chi connectivity index (χ4n) is 4.06. The minimum absolute atomic E-state index is 0.217. The van der Waals surface area contributed by atoms with Crippen molar-refractivity contribution in [3.8, 4) is 0 Å². The molecule has 0 aliphatic carbocycles. The maximum atomic E-state index is 11.3. The molecular formula is C26H46O3. The molecule has 0 N–H and O–H groups in total. The molecule has 168 valence electrons. The zero-order valence-corrected chi connectivity index (χ0v) is 19.1. The van der Waals surface area contributed by atoms with Gasteiger partial charge in [0.05, 0.1) is 12.3 Å². The molecule has 1 aliphatic heterocycles. The van der Waals surface area contributed by atoms with Crippen molar-refractivity contribution in [2.75, 3.05) is 0 Å². The first-order valence-corrected chi connectivity index (χ1v) is 12.6. The third-order valence-corrected chi connectivity index (χ3v) is 6.00. The lowest BCUT2D eigenvalue weighted by Gasteiger charge is -2.03. The summed E-state index contributed by atoms with van der Waals surface area (Å²) in [6.45, 7) is 2.28. The second-order valence-corrected chi connectivity index (χ2v) is 8.83. The average molecular weight is 407 g/mol. The highest BCUT2D eigenvalue weighted by molar-refractivity contribution is 5.95. The van der Waals surface area contributed by atoms with E-state index in [9.17, 15) is 9.59 Å². The monoisotopic (exact) mass is 406 g/mol. The molecular weight excluding hydrogens is 360 g/mol. The molecule has 1 fully saturated rings. The molecule has 1 heterocycles. The van der Waals surface area contributed by atoms with Gasteiger partial charge in [0.2, 0.25) is 0 Å². The number of unbranched alkanes of at least 4 members (excludes halogenated alkanes) is 18. The molecule has 1 atom stereocenters. The molecule has 0 amide bonds. The van der Waals surface area contributed by atoms with Gasteiger partial charge >= 0.3 is 11.9 Å². The summed E-state index contributed by atoms with van der Waals surface area (Å²) in [6.07, 6.45) is 30.1. The lowest BCUT2D eigenvalue weighted by atomic mass is 10.0. The van der Waals surface area contributed by atoms with Gasteiger partial charge in [-0.15, -0.1) is 0 Å². The summed E-state index contributed by atoms with van der Waals surface area (Å²) in [5.41, 5.74) is 0. The van der Waals surface area contributed by atoms with E-state index in [0.29, 0.717) is 0 Å². The molecule has 0 aromatic carbocycles. The van der Waals surface area contributed by atoms with Crippen LogP contribution >= 0.6 is 0 Å². The fraction of sp³-hybridized carbons (Fsp3) is 0.846. The molecule has 1 aliphatic rings. The van der Waals surface area contributed by atoms with Crippen molar-refractivity contribution < 1.29 is 14.3 Å². The predicted octanol–water partition coefficient (Wildman–Crippen LogP) is 8.06. The van der Waals surface area contributed by atoms with E-state index in [1.807, 2.05) is 12.2 Å². The van der Waals surface area contributed by atoms with E-state index < -0.39 is 5.97 Å². The molecule has 0 spiro atoms. The summed E-state index contributed by atoms with van der Waals surface area (Å²) in [4.78, 5) is 22.3. The van der Waals surface area contributed by atoms with Crippen molar-refractivity contribution in [1.82, 2.24) is 0 Å². The lowest BCUT2D eigenvalue weighted by Crippen LogP contribution is -2.03. The number of carbonyl (C=O) groups excluding carboxylic acids is 2. The van der Waals surface area contributed by atoms with E-state index in [1.165, 1.54) is 116 Å². The molecule has 0 radical (unpaired) electrons. The Labute approximate surface area is 180 Å². The van der Waals surface area contributed by atoms with Crippen molar-refractivity contribution >= 4 is 11.9 Å². The summed E-state index contributed by atoms with van der Waals surface area (Å²) < 4.78 is 4.54. The van der Waals surface area contributed by atoms with Gasteiger partial charge in [0.25, 0.3) is 0 Å². The van der Waals surface area contributed by atoms with Crippen LogP contribution in [-0.4, -0.2) is 11.9 Å². The van der Waals surface area contributed by atoms with Gasteiger partial charge in [-0.3, -0.25) is 9.59 Å². The van der Waals surface area contributed by atoms with Crippen LogP contribution in [0.4, 0.5) is 0 Å².